The number of rotatable bonds is 7. The molecule has 3 aromatic carbocycles. The van der Waals surface area contributed by atoms with Crippen LogP contribution in [0.25, 0.3) is 0 Å². The molecule has 2 unspecified atom stereocenters. The van der Waals surface area contributed by atoms with Gasteiger partial charge in [0, 0.05) is 44.5 Å². The largest absolute Gasteiger partial charge is 0.424 e. The standard InChI is InChI=1S/C34H31N5O4S3/c1-19-21(18-45-33-31(32(41)38(19)33)37-30(40)17-25-4-3-13-44-25)14-20-5-9-24(10-6-20)43-34(42)39-26-11-7-22(35)15-28(26)46-29-16-23(36-2)8-12-27(29)39/h3-13,15-16,31,33,36H,14,17-18,35H2,1-2H3,(H,37,40). The molecular weight excluding hydrogens is 639 g/mol. The maximum absolute atomic E-state index is 13.6. The van der Waals surface area contributed by atoms with Crippen molar-refractivity contribution in [3.63, 3.8) is 0 Å². The van der Waals surface area contributed by atoms with Crippen molar-refractivity contribution in [3.05, 3.63) is 99.9 Å². The minimum atomic E-state index is -0.515. The van der Waals surface area contributed by atoms with Crippen molar-refractivity contribution < 1.29 is 19.1 Å². The molecule has 1 fully saturated rings. The Balaban J connectivity index is 1.02. The summed E-state index contributed by atoms with van der Waals surface area (Å²) in [5.74, 6) is 0.993. The first-order valence-electron chi connectivity index (χ1n) is 14.7. The number of thiophene rings is 1. The molecule has 234 valence electrons. The minimum absolute atomic E-state index is 0.0712. The first-order chi connectivity index (χ1) is 22.3. The van der Waals surface area contributed by atoms with Crippen molar-refractivity contribution in [1.29, 1.82) is 0 Å². The second-order valence-corrected chi connectivity index (χ2v) is 14.4. The highest BCUT2D eigenvalue weighted by Crippen LogP contribution is 2.50. The first kappa shape index (κ1) is 30.3. The van der Waals surface area contributed by atoms with Gasteiger partial charge in [-0.3, -0.25) is 14.5 Å². The molecule has 4 N–H and O–H groups in total. The summed E-state index contributed by atoms with van der Waals surface area (Å²) in [6.45, 7) is 1.97. The molecule has 0 bridgehead atoms. The van der Waals surface area contributed by atoms with Gasteiger partial charge in [-0.2, -0.15) is 0 Å². The number of carbonyl (C=O) groups is 3. The highest BCUT2D eigenvalue weighted by atomic mass is 32.2. The molecule has 4 heterocycles. The summed E-state index contributed by atoms with van der Waals surface area (Å²) in [7, 11) is 1.86. The Labute approximate surface area is 279 Å². The van der Waals surface area contributed by atoms with Crippen LogP contribution in [0.5, 0.6) is 5.75 Å². The monoisotopic (exact) mass is 669 g/mol. The lowest BCUT2D eigenvalue weighted by Crippen LogP contribution is -2.69. The molecule has 1 saturated heterocycles. The normalized spacial score (nSPS) is 18.3. The number of fused-ring (bicyclic) bond motifs is 3. The third-order valence-corrected chi connectivity index (χ3v) is 11.5. The van der Waals surface area contributed by atoms with Gasteiger partial charge in [0.1, 0.15) is 17.2 Å². The van der Waals surface area contributed by atoms with Gasteiger partial charge in [-0.1, -0.05) is 30.0 Å². The SMILES string of the molecule is CNc1ccc2c(c1)Sc1cc(N)ccc1N2C(=O)Oc1ccc(CC2=C(C)N3C(=O)C(NC(=O)Cc4cccs4)C3SC2)cc1. The van der Waals surface area contributed by atoms with Crippen LogP contribution in [0.15, 0.2) is 99.2 Å². The van der Waals surface area contributed by atoms with E-state index in [4.69, 9.17) is 10.5 Å². The fourth-order valence-corrected chi connectivity index (χ4v) is 9.13. The van der Waals surface area contributed by atoms with Crippen LogP contribution in [-0.2, 0) is 22.4 Å². The van der Waals surface area contributed by atoms with E-state index in [1.165, 1.54) is 11.3 Å². The molecule has 9 nitrogen and oxygen atoms in total. The van der Waals surface area contributed by atoms with Crippen molar-refractivity contribution in [2.45, 2.75) is 41.0 Å². The van der Waals surface area contributed by atoms with E-state index < -0.39 is 12.1 Å². The quantitative estimate of drug-likeness (QED) is 0.148. The zero-order valence-electron chi connectivity index (χ0n) is 25.1. The maximum atomic E-state index is 13.6. The number of amides is 3. The summed E-state index contributed by atoms with van der Waals surface area (Å²) in [6, 6.07) is 22.1. The molecule has 3 amide bonds. The van der Waals surface area contributed by atoms with E-state index in [2.05, 4.69) is 10.6 Å². The van der Waals surface area contributed by atoms with E-state index in [1.54, 1.807) is 51.5 Å². The van der Waals surface area contributed by atoms with Gasteiger partial charge in [0.2, 0.25) is 5.91 Å². The molecular formula is C34H31N5O4S3. The van der Waals surface area contributed by atoms with Crippen molar-refractivity contribution in [3.8, 4) is 5.75 Å². The molecule has 46 heavy (non-hydrogen) atoms. The Morgan fingerprint density at radius 3 is 2.52 bits per heavy atom. The second-order valence-electron chi connectivity index (χ2n) is 11.2. The number of nitrogens with zero attached hydrogens (tertiary/aromatic N) is 2. The third-order valence-electron chi connectivity index (χ3n) is 8.24. The first-order valence-corrected chi connectivity index (χ1v) is 17.5. The van der Waals surface area contributed by atoms with Crippen LogP contribution in [0.1, 0.15) is 17.4 Å². The van der Waals surface area contributed by atoms with Gasteiger partial charge < -0.3 is 21.1 Å². The summed E-state index contributed by atoms with van der Waals surface area (Å²) >= 11 is 4.77. The highest BCUT2D eigenvalue weighted by Gasteiger charge is 2.51. The Bertz CT molecular complexity index is 1880. The number of thioether (sulfide) groups is 1. The topological polar surface area (TPSA) is 117 Å². The molecule has 12 heteroatoms. The van der Waals surface area contributed by atoms with Gasteiger partial charge in [0.05, 0.1) is 17.8 Å². The molecule has 0 aliphatic carbocycles. The summed E-state index contributed by atoms with van der Waals surface area (Å²) < 4.78 is 5.88. The van der Waals surface area contributed by atoms with Gasteiger partial charge in [0.25, 0.3) is 5.91 Å². The minimum Gasteiger partial charge on any atom is -0.410 e. The smallest absolute Gasteiger partial charge is 0.410 e. The average molecular weight is 670 g/mol. The van der Waals surface area contributed by atoms with E-state index in [0.717, 1.165) is 48.6 Å². The third kappa shape index (κ3) is 5.72. The van der Waals surface area contributed by atoms with Crippen LogP contribution in [-0.4, -0.2) is 47.0 Å². The Morgan fingerprint density at radius 1 is 1.02 bits per heavy atom. The molecule has 3 aliphatic rings. The zero-order chi connectivity index (χ0) is 31.9. The fourth-order valence-electron chi connectivity index (χ4n) is 5.81. The molecule has 2 atom stereocenters. The second kappa shape index (κ2) is 12.4. The number of nitrogens with one attached hydrogen (secondary N) is 2. The molecule has 4 aromatic rings. The number of nitrogen functional groups attached to an aromatic ring is 1. The number of allylic oxidation sites excluding steroid dienone is 1. The maximum Gasteiger partial charge on any atom is 0.424 e. The molecule has 1 aromatic heterocycles. The summed E-state index contributed by atoms with van der Waals surface area (Å²) in [4.78, 5) is 45.3. The summed E-state index contributed by atoms with van der Waals surface area (Å²) in [5.41, 5.74) is 12.2. The molecule has 0 saturated carbocycles. The predicted molar refractivity (Wildman–Crippen MR) is 185 cm³/mol. The fraction of sp³-hybridized carbons (Fsp3) is 0.206. The van der Waals surface area contributed by atoms with Crippen LogP contribution >= 0.6 is 34.9 Å². The van der Waals surface area contributed by atoms with Crippen molar-refractivity contribution in [1.82, 2.24) is 10.2 Å². The molecule has 0 radical (unpaired) electrons. The van der Waals surface area contributed by atoms with Crippen LogP contribution in [0.4, 0.5) is 27.5 Å². The number of benzene rings is 3. The van der Waals surface area contributed by atoms with Crippen LogP contribution in [0.2, 0.25) is 0 Å². The predicted octanol–water partition coefficient (Wildman–Crippen LogP) is 6.63. The molecule has 7 rings (SSSR count). The van der Waals surface area contributed by atoms with Gasteiger partial charge in [-0.15, -0.1) is 23.1 Å². The van der Waals surface area contributed by atoms with E-state index in [0.29, 0.717) is 23.5 Å². The van der Waals surface area contributed by atoms with E-state index in [-0.39, 0.29) is 23.6 Å². The lowest BCUT2D eigenvalue weighted by atomic mass is 9.99. The average Bonchev–Trinajstić information content (AvgIpc) is 3.56. The number of β-lactam (4-membered cyclic amide) rings is 1. The molecule has 0 spiro atoms. The molecule has 3 aliphatic heterocycles. The zero-order valence-corrected chi connectivity index (χ0v) is 27.6. The number of hydrogen-bond donors (Lipinski definition) is 3. The van der Waals surface area contributed by atoms with Gasteiger partial charge in [-0.25, -0.2) is 9.69 Å². The van der Waals surface area contributed by atoms with Crippen molar-refractivity contribution in [2.24, 2.45) is 0 Å². The Hall–Kier alpha value is -4.39. The summed E-state index contributed by atoms with van der Waals surface area (Å²) in [6.07, 6.45) is 0.437. The lowest BCUT2D eigenvalue weighted by Gasteiger charge is -2.50. The lowest BCUT2D eigenvalue weighted by molar-refractivity contribution is -0.145. The Kier molecular flexibility index (Phi) is 8.18. The van der Waals surface area contributed by atoms with E-state index in [1.807, 2.05) is 73.9 Å². The van der Waals surface area contributed by atoms with E-state index in [9.17, 15) is 14.4 Å². The number of ether oxygens (including phenoxy) is 1. The van der Waals surface area contributed by atoms with Gasteiger partial charge in [0.15, 0.2) is 0 Å². The van der Waals surface area contributed by atoms with Crippen LogP contribution in [0.3, 0.4) is 0 Å². The number of carbonyl (C=O) groups excluding carboxylic acids is 3. The van der Waals surface area contributed by atoms with Crippen LogP contribution < -0.4 is 26.0 Å². The number of nitrogens with two attached hydrogens (primary N) is 1. The highest BCUT2D eigenvalue weighted by molar-refractivity contribution is 8.00. The van der Waals surface area contributed by atoms with Crippen molar-refractivity contribution in [2.75, 3.05) is 28.8 Å². The van der Waals surface area contributed by atoms with Gasteiger partial charge >= 0.3 is 6.09 Å². The van der Waals surface area contributed by atoms with E-state index >= 15 is 0 Å². The number of anilines is 4. The van der Waals surface area contributed by atoms with Crippen LogP contribution in [0, 0.1) is 0 Å². The summed E-state index contributed by atoms with van der Waals surface area (Å²) in [5, 5.41) is 7.93. The van der Waals surface area contributed by atoms with Gasteiger partial charge in [-0.05, 0) is 84.5 Å². The van der Waals surface area contributed by atoms with Crippen molar-refractivity contribution >= 4 is 75.5 Å². The Morgan fingerprint density at radius 2 is 1.78 bits per heavy atom. The number of hydrogen-bond acceptors (Lipinski definition) is 9.